The summed E-state index contributed by atoms with van der Waals surface area (Å²) >= 11 is 0. The van der Waals surface area contributed by atoms with Crippen molar-refractivity contribution in [2.75, 3.05) is 26.4 Å². The summed E-state index contributed by atoms with van der Waals surface area (Å²) in [5.41, 5.74) is 0. The van der Waals surface area contributed by atoms with Gasteiger partial charge in [-0.15, -0.1) is 0 Å². The highest BCUT2D eigenvalue weighted by atomic mass is 19.1. The zero-order valence-electron chi connectivity index (χ0n) is 11.4. The molecule has 0 aliphatic carbocycles. The van der Waals surface area contributed by atoms with Gasteiger partial charge in [-0.05, 0) is 24.3 Å². The van der Waals surface area contributed by atoms with Gasteiger partial charge < -0.3 is 19.9 Å². The molecule has 1 aromatic carbocycles. The molecule has 0 radical (unpaired) electrons. The predicted molar refractivity (Wildman–Crippen MR) is 71.9 cm³/mol. The fourth-order valence-corrected chi connectivity index (χ4v) is 1.40. The van der Waals surface area contributed by atoms with E-state index in [1.807, 2.05) is 13.8 Å². The molecule has 19 heavy (non-hydrogen) atoms. The van der Waals surface area contributed by atoms with Crippen LogP contribution in [-0.2, 0) is 4.74 Å². The van der Waals surface area contributed by atoms with Gasteiger partial charge in [-0.1, -0.05) is 13.8 Å². The molecule has 0 aromatic heterocycles. The summed E-state index contributed by atoms with van der Waals surface area (Å²) in [7, 11) is 0. The molecule has 0 amide bonds. The van der Waals surface area contributed by atoms with Crippen molar-refractivity contribution < 1.29 is 19.0 Å². The lowest BCUT2D eigenvalue weighted by atomic mass is 10.3. The van der Waals surface area contributed by atoms with E-state index < -0.39 is 6.10 Å². The molecule has 0 aliphatic rings. The molecule has 0 heterocycles. The molecule has 1 unspecified atom stereocenters. The molecule has 0 bridgehead atoms. The fraction of sp³-hybridized carbons (Fsp3) is 0.571. The first-order valence-electron chi connectivity index (χ1n) is 6.45. The number of nitrogens with one attached hydrogen (secondary N) is 1. The van der Waals surface area contributed by atoms with Crippen molar-refractivity contribution in [2.24, 2.45) is 0 Å². The molecular formula is C14H22FNO3. The molecular weight excluding hydrogens is 249 g/mol. The lowest BCUT2D eigenvalue weighted by Crippen LogP contribution is -2.34. The summed E-state index contributed by atoms with van der Waals surface area (Å²) in [4.78, 5) is 0. The van der Waals surface area contributed by atoms with Gasteiger partial charge in [-0.2, -0.15) is 0 Å². The number of hydrogen-bond acceptors (Lipinski definition) is 4. The lowest BCUT2D eigenvalue weighted by molar-refractivity contribution is 0.0244. The van der Waals surface area contributed by atoms with Gasteiger partial charge in [-0.25, -0.2) is 4.39 Å². The third-order valence-corrected chi connectivity index (χ3v) is 2.38. The Hall–Kier alpha value is -1.17. The van der Waals surface area contributed by atoms with Crippen molar-refractivity contribution in [1.82, 2.24) is 5.32 Å². The normalized spacial score (nSPS) is 12.7. The van der Waals surface area contributed by atoms with E-state index in [0.29, 0.717) is 31.5 Å². The van der Waals surface area contributed by atoms with Crippen molar-refractivity contribution >= 4 is 0 Å². The highest BCUT2D eigenvalue weighted by Crippen LogP contribution is 2.10. The standard InChI is InChI=1S/C14H22FNO3/c1-11(2)16-9-13(17)10-18-7-8-19-14-5-3-12(15)4-6-14/h3-6,11,13,16-17H,7-10H2,1-2H3. The van der Waals surface area contributed by atoms with Crippen LogP contribution in [0.5, 0.6) is 5.75 Å². The average Bonchev–Trinajstić information content (AvgIpc) is 2.38. The lowest BCUT2D eigenvalue weighted by Gasteiger charge is -2.14. The summed E-state index contributed by atoms with van der Waals surface area (Å²) in [6.45, 7) is 5.57. The van der Waals surface area contributed by atoms with Crippen molar-refractivity contribution in [3.05, 3.63) is 30.1 Å². The van der Waals surface area contributed by atoms with Gasteiger partial charge in [-0.3, -0.25) is 0 Å². The average molecular weight is 271 g/mol. The fourth-order valence-electron chi connectivity index (χ4n) is 1.40. The summed E-state index contributed by atoms with van der Waals surface area (Å²) < 4.78 is 23.3. The van der Waals surface area contributed by atoms with Gasteiger partial charge in [0.1, 0.15) is 18.2 Å². The minimum Gasteiger partial charge on any atom is -0.491 e. The number of rotatable bonds is 9. The van der Waals surface area contributed by atoms with Crippen LogP contribution < -0.4 is 10.1 Å². The van der Waals surface area contributed by atoms with E-state index >= 15 is 0 Å². The molecule has 1 atom stereocenters. The van der Waals surface area contributed by atoms with Crippen LogP contribution in [0.15, 0.2) is 24.3 Å². The molecule has 4 nitrogen and oxygen atoms in total. The highest BCUT2D eigenvalue weighted by Gasteiger charge is 2.04. The van der Waals surface area contributed by atoms with Crippen LogP contribution in [-0.4, -0.2) is 43.6 Å². The zero-order chi connectivity index (χ0) is 14.1. The maximum atomic E-state index is 12.6. The Morgan fingerprint density at radius 3 is 2.53 bits per heavy atom. The van der Waals surface area contributed by atoms with Gasteiger partial charge in [0.15, 0.2) is 0 Å². The second-order valence-electron chi connectivity index (χ2n) is 4.59. The second-order valence-corrected chi connectivity index (χ2v) is 4.59. The van der Waals surface area contributed by atoms with E-state index in [1.165, 1.54) is 12.1 Å². The summed E-state index contributed by atoms with van der Waals surface area (Å²) in [6.07, 6.45) is -0.520. The third-order valence-electron chi connectivity index (χ3n) is 2.38. The summed E-state index contributed by atoms with van der Waals surface area (Å²) in [6, 6.07) is 6.17. The van der Waals surface area contributed by atoms with Gasteiger partial charge in [0.25, 0.3) is 0 Å². The SMILES string of the molecule is CC(C)NCC(O)COCCOc1ccc(F)cc1. The summed E-state index contributed by atoms with van der Waals surface area (Å²) in [5, 5.41) is 12.7. The van der Waals surface area contributed by atoms with Crippen LogP contribution >= 0.6 is 0 Å². The molecule has 1 aromatic rings. The van der Waals surface area contributed by atoms with Crippen molar-refractivity contribution in [1.29, 1.82) is 0 Å². The van der Waals surface area contributed by atoms with Crippen LogP contribution in [0.2, 0.25) is 0 Å². The quantitative estimate of drug-likeness (QED) is 0.670. The van der Waals surface area contributed by atoms with Crippen LogP contribution in [0.4, 0.5) is 4.39 Å². The number of hydrogen-bond donors (Lipinski definition) is 2. The van der Waals surface area contributed by atoms with E-state index in [9.17, 15) is 9.50 Å². The number of ether oxygens (including phenoxy) is 2. The Bertz CT molecular complexity index is 343. The van der Waals surface area contributed by atoms with Crippen molar-refractivity contribution in [3.8, 4) is 5.75 Å². The van der Waals surface area contributed by atoms with E-state index in [4.69, 9.17) is 9.47 Å². The topological polar surface area (TPSA) is 50.7 Å². The molecule has 1 rings (SSSR count). The van der Waals surface area contributed by atoms with Crippen LogP contribution in [0.3, 0.4) is 0 Å². The number of halogens is 1. The molecule has 108 valence electrons. The van der Waals surface area contributed by atoms with Crippen LogP contribution in [0.1, 0.15) is 13.8 Å². The van der Waals surface area contributed by atoms with E-state index in [0.717, 1.165) is 0 Å². The van der Waals surface area contributed by atoms with E-state index in [2.05, 4.69) is 5.32 Å². The largest absolute Gasteiger partial charge is 0.491 e. The second kappa shape index (κ2) is 8.85. The third kappa shape index (κ3) is 7.77. The monoisotopic (exact) mass is 271 g/mol. The maximum Gasteiger partial charge on any atom is 0.123 e. The Kier molecular flexibility index (Phi) is 7.40. The minimum atomic E-state index is -0.520. The maximum absolute atomic E-state index is 12.6. The van der Waals surface area contributed by atoms with Gasteiger partial charge in [0.05, 0.1) is 19.3 Å². The Morgan fingerprint density at radius 2 is 1.89 bits per heavy atom. The smallest absolute Gasteiger partial charge is 0.123 e. The highest BCUT2D eigenvalue weighted by molar-refractivity contribution is 5.21. The van der Waals surface area contributed by atoms with Crippen molar-refractivity contribution in [3.63, 3.8) is 0 Å². The van der Waals surface area contributed by atoms with E-state index in [1.54, 1.807) is 12.1 Å². The Morgan fingerprint density at radius 1 is 1.21 bits per heavy atom. The molecule has 0 saturated carbocycles. The van der Waals surface area contributed by atoms with Crippen molar-refractivity contribution in [2.45, 2.75) is 26.0 Å². The first kappa shape index (κ1) is 15.9. The number of aliphatic hydroxyl groups is 1. The zero-order valence-corrected chi connectivity index (χ0v) is 11.4. The van der Waals surface area contributed by atoms with Crippen LogP contribution in [0.25, 0.3) is 0 Å². The molecule has 0 spiro atoms. The van der Waals surface area contributed by atoms with Gasteiger partial charge >= 0.3 is 0 Å². The molecule has 0 saturated heterocycles. The Labute approximate surface area is 113 Å². The first-order chi connectivity index (χ1) is 9.08. The number of benzene rings is 1. The van der Waals surface area contributed by atoms with Crippen LogP contribution in [0, 0.1) is 5.82 Å². The summed E-state index contributed by atoms with van der Waals surface area (Å²) in [5.74, 6) is 0.316. The van der Waals surface area contributed by atoms with Gasteiger partial charge in [0, 0.05) is 12.6 Å². The Balaban J connectivity index is 2.03. The predicted octanol–water partition coefficient (Wildman–Crippen LogP) is 1.58. The van der Waals surface area contributed by atoms with E-state index in [-0.39, 0.29) is 12.4 Å². The molecule has 5 heteroatoms. The molecule has 2 N–H and O–H groups in total. The van der Waals surface area contributed by atoms with Gasteiger partial charge in [0.2, 0.25) is 0 Å². The number of aliphatic hydroxyl groups excluding tert-OH is 1. The first-order valence-corrected chi connectivity index (χ1v) is 6.45. The molecule has 0 fully saturated rings. The molecule has 0 aliphatic heterocycles. The minimum absolute atomic E-state index is 0.270.